The number of halogens is 3. The zero-order valence-electron chi connectivity index (χ0n) is 8.64. The Bertz CT molecular complexity index is 621. The molecule has 0 saturated carbocycles. The van der Waals surface area contributed by atoms with Gasteiger partial charge in [-0.1, -0.05) is 11.6 Å². The number of benzene rings is 1. The van der Waals surface area contributed by atoms with Crippen LogP contribution in [0.2, 0.25) is 5.02 Å². The SMILES string of the molecule is O=[N+]([O-])c1cnc2ccc(OC(F)F)cc2c1Cl. The van der Waals surface area contributed by atoms with Gasteiger partial charge in [-0.25, -0.2) is 4.98 Å². The molecule has 1 aromatic heterocycles. The number of fused-ring (bicyclic) bond motifs is 1. The highest BCUT2D eigenvalue weighted by atomic mass is 35.5. The Morgan fingerprint density at radius 2 is 2.17 bits per heavy atom. The smallest absolute Gasteiger partial charge is 0.387 e. The summed E-state index contributed by atoms with van der Waals surface area (Å²) in [7, 11) is 0. The first-order valence-corrected chi connectivity index (χ1v) is 5.04. The Labute approximate surface area is 104 Å². The van der Waals surface area contributed by atoms with Crippen LogP contribution in [-0.2, 0) is 0 Å². The van der Waals surface area contributed by atoms with Gasteiger partial charge in [-0.2, -0.15) is 8.78 Å². The second-order valence-electron chi connectivity index (χ2n) is 3.27. The number of rotatable bonds is 3. The monoisotopic (exact) mass is 274 g/mol. The molecule has 0 atom stereocenters. The lowest BCUT2D eigenvalue weighted by Crippen LogP contribution is -2.01. The number of nitro groups is 1. The van der Waals surface area contributed by atoms with Crippen molar-refractivity contribution >= 4 is 28.2 Å². The molecule has 2 rings (SSSR count). The molecule has 1 aromatic carbocycles. The number of alkyl halides is 2. The summed E-state index contributed by atoms with van der Waals surface area (Å²) in [6.45, 7) is -2.98. The normalized spacial score (nSPS) is 10.9. The number of nitrogens with zero attached hydrogens (tertiary/aromatic N) is 2. The molecule has 0 spiro atoms. The van der Waals surface area contributed by atoms with E-state index in [1.165, 1.54) is 18.2 Å². The predicted molar refractivity (Wildman–Crippen MR) is 60.0 cm³/mol. The van der Waals surface area contributed by atoms with Gasteiger partial charge in [0.25, 0.3) is 0 Å². The van der Waals surface area contributed by atoms with Crippen molar-refractivity contribution in [3.63, 3.8) is 0 Å². The molecule has 0 bridgehead atoms. The van der Waals surface area contributed by atoms with Crippen molar-refractivity contribution < 1.29 is 18.4 Å². The minimum Gasteiger partial charge on any atom is -0.435 e. The van der Waals surface area contributed by atoms with Crippen molar-refractivity contribution in [2.24, 2.45) is 0 Å². The van der Waals surface area contributed by atoms with E-state index in [0.29, 0.717) is 5.52 Å². The van der Waals surface area contributed by atoms with Crippen LogP contribution in [0.25, 0.3) is 10.9 Å². The van der Waals surface area contributed by atoms with E-state index in [-0.39, 0.29) is 16.2 Å². The fourth-order valence-corrected chi connectivity index (χ4v) is 1.70. The van der Waals surface area contributed by atoms with E-state index < -0.39 is 17.2 Å². The van der Waals surface area contributed by atoms with Crippen LogP contribution in [0, 0.1) is 10.1 Å². The van der Waals surface area contributed by atoms with E-state index in [1.807, 2.05) is 0 Å². The van der Waals surface area contributed by atoms with Gasteiger partial charge in [0.1, 0.15) is 17.0 Å². The van der Waals surface area contributed by atoms with E-state index >= 15 is 0 Å². The van der Waals surface area contributed by atoms with E-state index in [0.717, 1.165) is 6.20 Å². The van der Waals surface area contributed by atoms with Crippen LogP contribution in [0.5, 0.6) is 5.75 Å². The maximum atomic E-state index is 12.0. The van der Waals surface area contributed by atoms with Crippen molar-refractivity contribution in [1.82, 2.24) is 4.98 Å². The number of pyridine rings is 1. The minimum absolute atomic E-state index is 0.137. The summed E-state index contributed by atoms with van der Waals surface area (Å²) in [6, 6.07) is 3.86. The third-order valence-electron chi connectivity index (χ3n) is 2.18. The summed E-state index contributed by atoms with van der Waals surface area (Å²) in [5.41, 5.74) is -0.0365. The molecule has 5 nitrogen and oxygen atoms in total. The maximum absolute atomic E-state index is 12.0. The molecule has 18 heavy (non-hydrogen) atoms. The van der Waals surface area contributed by atoms with Gasteiger partial charge >= 0.3 is 12.3 Å². The second-order valence-corrected chi connectivity index (χ2v) is 3.65. The molecular weight excluding hydrogens is 270 g/mol. The maximum Gasteiger partial charge on any atom is 0.387 e. The van der Waals surface area contributed by atoms with E-state index in [2.05, 4.69) is 9.72 Å². The largest absolute Gasteiger partial charge is 0.435 e. The Hall–Kier alpha value is -2.02. The number of hydrogen-bond donors (Lipinski definition) is 0. The number of hydrogen-bond acceptors (Lipinski definition) is 4. The lowest BCUT2D eigenvalue weighted by molar-refractivity contribution is -0.384. The molecule has 1 heterocycles. The predicted octanol–water partition coefficient (Wildman–Crippen LogP) is 3.40. The highest BCUT2D eigenvalue weighted by Crippen LogP contribution is 2.33. The second kappa shape index (κ2) is 4.69. The Kier molecular flexibility index (Phi) is 3.24. The molecule has 94 valence electrons. The first kappa shape index (κ1) is 12.4. The fraction of sp³-hybridized carbons (Fsp3) is 0.100. The van der Waals surface area contributed by atoms with Crippen LogP contribution >= 0.6 is 11.6 Å². The quantitative estimate of drug-likeness (QED) is 0.635. The molecule has 0 amide bonds. The van der Waals surface area contributed by atoms with Crippen molar-refractivity contribution in [2.75, 3.05) is 0 Å². The van der Waals surface area contributed by atoms with Gasteiger partial charge in [-0.3, -0.25) is 10.1 Å². The lowest BCUT2D eigenvalue weighted by atomic mass is 10.2. The molecule has 0 fully saturated rings. The van der Waals surface area contributed by atoms with E-state index in [9.17, 15) is 18.9 Å². The third-order valence-corrected chi connectivity index (χ3v) is 2.57. The number of aromatic nitrogens is 1. The van der Waals surface area contributed by atoms with Gasteiger partial charge in [0.15, 0.2) is 0 Å². The van der Waals surface area contributed by atoms with Crippen molar-refractivity contribution in [3.8, 4) is 5.75 Å². The van der Waals surface area contributed by atoms with Crippen LogP contribution in [-0.4, -0.2) is 16.5 Å². The number of ether oxygens (including phenoxy) is 1. The molecule has 0 aliphatic rings. The summed E-state index contributed by atoms with van der Waals surface area (Å²) in [5.74, 6) is -0.137. The van der Waals surface area contributed by atoms with Gasteiger partial charge in [-0.15, -0.1) is 0 Å². The summed E-state index contributed by atoms with van der Waals surface area (Å²) >= 11 is 5.82. The van der Waals surface area contributed by atoms with Crippen LogP contribution in [0.15, 0.2) is 24.4 Å². The molecule has 0 aliphatic heterocycles. The summed E-state index contributed by atoms with van der Waals surface area (Å²) < 4.78 is 28.3. The van der Waals surface area contributed by atoms with Crippen LogP contribution in [0.4, 0.5) is 14.5 Å². The van der Waals surface area contributed by atoms with Crippen LogP contribution < -0.4 is 4.74 Å². The van der Waals surface area contributed by atoms with Gasteiger partial charge in [0.05, 0.1) is 10.4 Å². The van der Waals surface area contributed by atoms with Crippen molar-refractivity contribution in [1.29, 1.82) is 0 Å². The highest BCUT2D eigenvalue weighted by Gasteiger charge is 2.17. The van der Waals surface area contributed by atoms with Gasteiger partial charge < -0.3 is 4.74 Å². The zero-order chi connectivity index (χ0) is 13.3. The molecule has 0 N–H and O–H groups in total. The Balaban J connectivity index is 2.59. The van der Waals surface area contributed by atoms with Gasteiger partial charge in [-0.05, 0) is 18.2 Å². The Morgan fingerprint density at radius 3 is 2.78 bits per heavy atom. The molecular formula is C10H5ClF2N2O3. The van der Waals surface area contributed by atoms with Crippen LogP contribution in [0.3, 0.4) is 0 Å². The topological polar surface area (TPSA) is 65.3 Å². The molecule has 2 aromatic rings. The average Bonchev–Trinajstić information content (AvgIpc) is 2.29. The minimum atomic E-state index is -2.98. The van der Waals surface area contributed by atoms with E-state index in [1.54, 1.807) is 0 Å². The van der Waals surface area contributed by atoms with E-state index in [4.69, 9.17) is 11.6 Å². The first-order chi connectivity index (χ1) is 8.49. The summed E-state index contributed by atoms with van der Waals surface area (Å²) in [4.78, 5) is 13.8. The molecule has 0 unspecified atom stereocenters. The lowest BCUT2D eigenvalue weighted by Gasteiger charge is -2.06. The van der Waals surface area contributed by atoms with Crippen molar-refractivity contribution in [2.45, 2.75) is 6.61 Å². The van der Waals surface area contributed by atoms with Crippen LogP contribution in [0.1, 0.15) is 0 Å². The summed E-state index contributed by atoms with van der Waals surface area (Å²) in [5, 5.41) is 10.7. The molecule has 0 saturated heterocycles. The van der Waals surface area contributed by atoms with Gasteiger partial charge in [0, 0.05) is 5.39 Å². The molecule has 0 radical (unpaired) electrons. The molecule has 0 aliphatic carbocycles. The first-order valence-electron chi connectivity index (χ1n) is 4.66. The standard InChI is InChI=1S/C10H5ClF2N2O3/c11-9-6-3-5(18-10(12)13)1-2-7(6)14-4-8(9)15(16)17/h1-4,10H. The highest BCUT2D eigenvalue weighted by molar-refractivity contribution is 6.37. The van der Waals surface area contributed by atoms with Crippen molar-refractivity contribution in [3.05, 3.63) is 39.5 Å². The summed E-state index contributed by atoms with van der Waals surface area (Å²) in [6.07, 6.45) is 1.01. The average molecular weight is 275 g/mol. The molecule has 8 heteroatoms. The third kappa shape index (κ3) is 2.30. The fourth-order valence-electron chi connectivity index (χ4n) is 1.43. The van der Waals surface area contributed by atoms with Gasteiger partial charge in [0.2, 0.25) is 0 Å². The Morgan fingerprint density at radius 1 is 1.44 bits per heavy atom. The zero-order valence-corrected chi connectivity index (χ0v) is 9.40.